The maximum Gasteiger partial charge on any atom is 0.303 e. The smallest absolute Gasteiger partial charge is 0.303 e. The average molecular weight is 427 g/mol. The van der Waals surface area contributed by atoms with Crippen molar-refractivity contribution in [3.8, 4) is 0 Å². The molecule has 170 valence electrons. The fourth-order valence-electron chi connectivity index (χ4n) is 3.97. The van der Waals surface area contributed by atoms with E-state index in [-0.39, 0.29) is 17.6 Å². The Bertz CT molecular complexity index is 523. The van der Waals surface area contributed by atoms with Crippen molar-refractivity contribution in [1.82, 2.24) is 0 Å². The van der Waals surface area contributed by atoms with Crippen LogP contribution < -0.4 is 0 Å². The molecule has 1 saturated carbocycles. The number of allylic oxidation sites excluding steroid dienone is 1. The van der Waals surface area contributed by atoms with Crippen molar-refractivity contribution >= 4 is 14.3 Å². The molecule has 29 heavy (non-hydrogen) atoms. The van der Waals surface area contributed by atoms with Gasteiger partial charge in [-0.2, -0.15) is 0 Å². The van der Waals surface area contributed by atoms with Gasteiger partial charge in [-0.05, 0) is 62.6 Å². The van der Waals surface area contributed by atoms with Crippen LogP contribution >= 0.6 is 0 Å². The second-order valence-corrected chi connectivity index (χ2v) is 15.4. The van der Waals surface area contributed by atoms with Crippen LogP contribution in [0, 0.1) is 5.92 Å². The summed E-state index contributed by atoms with van der Waals surface area (Å²) in [6, 6.07) is 0. The number of hydrogen-bond donors (Lipinski definition) is 2. The van der Waals surface area contributed by atoms with Gasteiger partial charge >= 0.3 is 5.97 Å². The van der Waals surface area contributed by atoms with E-state index < -0.39 is 19.9 Å². The third-order valence-electron chi connectivity index (χ3n) is 6.83. The number of hydrogen-bond acceptors (Lipinski definition) is 3. The Morgan fingerprint density at radius 1 is 1.28 bits per heavy atom. The van der Waals surface area contributed by atoms with Gasteiger partial charge in [0.2, 0.25) is 0 Å². The van der Waals surface area contributed by atoms with Crippen molar-refractivity contribution < 1.29 is 19.4 Å². The standard InChI is InChI=1S/C24H46O4Si/c1-7-8-9-13-21(28-29(5,6)23(2,3)4)16-15-20-12-10-17-24(27,19-20)18-11-14-22(25)26/h15-16,20-21,27H,7-14,17-19H2,1-6H3,(H,25,26)/t20-,21?,24-/m1/s1. The number of unbranched alkanes of at least 4 members (excludes halogenated alkanes) is 2. The third-order valence-corrected chi connectivity index (χ3v) is 11.3. The first-order valence-corrected chi connectivity index (χ1v) is 14.6. The molecular weight excluding hydrogens is 380 g/mol. The Labute approximate surface area is 180 Å². The van der Waals surface area contributed by atoms with E-state index in [4.69, 9.17) is 9.53 Å². The van der Waals surface area contributed by atoms with Crippen molar-refractivity contribution in [3.05, 3.63) is 12.2 Å². The minimum Gasteiger partial charge on any atom is -0.481 e. The minimum absolute atomic E-state index is 0.142. The molecule has 4 nitrogen and oxygen atoms in total. The van der Waals surface area contributed by atoms with E-state index in [1.54, 1.807) is 0 Å². The molecule has 1 aliphatic rings. The van der Waals surface area contributed by atoms with E-state index in [0.717, 1.165) is 32.1 Å². The van der Waals surface area contributed by atoms with Crippen LogP contribution in [0.3, 0.4) is 0 Å². The second-order valence-electron chi connectivity index (χ2n) is 10.6. The predicted octanol–water partition coefficient (Wildman–Crippen LogP) is 6.69. The molecule has 1 fully saturated rings. The van der Waals surface area contributed by atoms with Crippen LogP contribution in [0.4, 0.5) is 0 Å². The van der Waals surface area contributed by atoms with Gasteiger partial charge in [-0.3, -0.25) is 4.79 Å². The van der Waals surface area contributed by atoms with Crippen molar-refractivity contribution in [2.24, 2.45) is 5.92 Å². The van der Waals surface area contributed by atoms with Crippen LogP contribution in [-0.2, 0) is 9.22 Å². The quantitative estimate of drug-likeness (QED) is 0.207. The molecule has 0 aromatic carbocycles. The van der Waals surface area contributed by atoms with Crippen LogP contribution in [0.25, 0.3) is 0 Å². The van der Waals surface area contributed by atoms with Crippen LogP contribution in [0.1, 0.15) is 98.3 Å². The number of aliphatic carboxylic acids is 1. The topological polar surface area (TPSA) is 66.8 Å². The van der Waals surface area contributed by atoms with E-state index in [1.165, 1.54) is 19.3 Å². The molecule has 5 heteroatoms. The number of carboxylic acids is 1. The Kier molecular flexibility index (Phi) is 10.6. The minimum atomic E-state index is -1.83. The lowest BCUT2D eigenvalue weighted by Gasteiger charge is -2.39. The maximum atomic E-state index is 10.9. The van der Waals surface area contributed by atoms with Gasteiger partial charge in [0.25, 0.3) is 0 Å². The van der Waals surface area contributed by atoms with Crippen molar-refractivity contribution in [2.45, 2.75) is 128 Å². The Hall–Kier alpha value is -0.653. The summed E-state index contributed by atoms with van der Waals surface area (Å²) in [5.41, 5.74) is -0.708. The molecular formula is C24H46O4Si. The summed E-state index contributed by atoms with van der Waals surface area (Å²) in [5.74, 6) is -0.422. The van der Waals surface area contributed by atoms with Crippen molar-refractivity contribution in [1.29, 1.82) is 0 Å². The van der Waals surface area contributed by atoms with E-state index in [0.29, 0.717) is 18.8 Å². The Morgan fingerprint density at radius 3 is 2.55 bits per heavy atom. The third kappa shape index (κ3) is 9.80. The van der Waals surface area contributed by atoms with E-state index >= 15 is 0 Å². The summed E-state index contributed by atoms with van der Waals surface area (Å²) in [5, 5.41) is 20.0. The molecule has 3 atom stereocenters. The zero-order valence-corrected chi connectivity index (χ0v) is 20.8. The zero-order chi connectivity index (χ0) is 22.1. The van der Waals surface area contributed by atoms with Gasteiger partial charge in [0.1, 0.15) is 0 Å². The Balaban J connectivity index is 2.74. The molecule has 1 unspecified atom stereocenters. The fraction of sp³-hybridized carbons (Fsp3) is 0.875. The maximum absolute atomic E-state index is 10.9. The average Bonchev–Trinajstić information content (AvgIpc) is 2.58. The van der Waals surface area contributed by atoms with Crippen LogP contribution in [0.15, 0.2) is 12.2 Å². The first kappa shape index (κ1) is 26.4. The highest BCUT2D eigenvalue weighted by molar-refractivity contribution is 6.74. The van der Waals surface area contributed by atoms with Gasteiger partial charge in [-0.25, -0.2) is 0 Å². The largest absolute Gasteiger partial charge is 0.481 e. The van der Waals surface area contributed by atoms with Crippen molar-refractivity contribution in [3.63, 3.8) is 0 Å². The molecule has 2 N–H and O–H groups in total. The molecule has 0 bridgehead atoms. The Morgan fingerprint density at radius 2 is 1.97 bits per heavy atom. The zero-order valence-electron chi connectivity index (χ0n) is 19.8. The van der Waals surface area contributed by atoms with Crippen LogP contribution in [-0.4, -0.2) is 36.2 Å². The summed E-state index contributed by atoms with van der Waals surface area (Å²) >= 11 is 0. The highest BCUT2D eigenvalue weighted by Crippen LogP contribution is 2.39. The van der Waals surface area contributed by atoms with E-state index in [1.807, 2.05) is 0 Å². The highest BCUT2D eigenvalue weighted by atomic mass is 28.4. The van der Waals surface area contributed by atoms with Gasteiger partial charge < -0.3 is 14.6 Å². The molecule has 0 amide bonds. The predicted molar refractivity (Wildman–Crippen MR) is 124 cm³/mol. The van der Waals surface area contributed by atoms with E-state index in [9.17, 15) is 9.90 Å². The van der Waals surface area contributed by atoms with Gasteiger partial charge in [-0.15, -0.1) is 0 Å². The second kappa shape index (κ2) is 11.7. The van der Waals surface area contributed by atoms with Crippen LogP contribution in [0.2, 0.25) is 18.1 Å². The van der Waals surface area contributed by atoms with Crippen LogP contribution in [0.5, 0.6) is 0 Å². The monoisotopic (exact) mass is 426 g/mol. The first-order valence-electron chi connectivity index (χ1n) is 11.7. The molecule has 0 spiro atoms. The lowest BCUT2D eigenvalue weighted by molar-refractivity contribution is -0.137. The fourth-order valence-corrected chi connectivity index (χ4v) is 5.28. The number of carbonyl (C=O) groups is 1. The summed E-state index contributed by atoms with van der Waals surface area (Å²) in [4.78, 5) is 10.8. The summed E-state index contributed by atoms with van der Waals surface area (Å²) in [6.07, 6.45) is 14.3. The SMILES string of the molecule is CCCCCC(C=C[C@H]1CCC[C@@](O)(CCCC(=O)O)C1)O[Si](C)(C)C(C)(C)C. The molecule has 0 aromatic rings. The molecule has 0 saturated heterocycles. The molecule has 0 aliphatic heterocycles. The number of rotatable bonds is 12. The molecule has 0 radical (unpaired) electrons. The van der Waals surface area contributed by atoms with Gasteiger partial charge in [0, 0.05) is 6.42 Å². The highest BCUT2D eigenvalue weighted by Gasteiger charge is 2.39. The first-order chi connectivity index (χ1) is 13.4. The summed E-state index contributed by atoms with van der Waals surface area (Å²) in [7, 11) is -1.83. The molecule has 1 aliphatic carbocycles. The summed E-state index contributed by atoms with van der Waals surface area (Å²) in [6.45, 7) is 13.7. The summed E-state index contributed by atoms with van der Waals surface area (Å²) < 4.78 is 6.71. The van der Waals surface area contributed by atoms with Crippen molar-refractivity contribution in [2.75, 3.05) is 0 Å². The van der Waals surface area contributed by atoms with Gasteiger partial charge in [-0.1, -0.05) is 65.5 Å². The lowest BCUT2D eigenvalue weighted by atomic mass is 9.75. The van der Waals surface area contributed by atoms with Gasteiger partial charge in [0.15, 0.2) is 8.32 Å². The number of aliphatic hydroxyl groups is 1. The molecule has 1 rings (SSSR count). The normalized spacial score (nSPS) is 24.7. The number of carboxylic acid groups (broad SMARTS) is 1. The molecule has 0 aromatic heterocycles. The molecule has 0 heterocycles. The van der Waals surface area contributed by atoms with Gasteiger partial charge in [0.05, 0.1) is 11.7 Å². The van der Waals surface area contributed by atoms with E-state index in [2.05, 4.69) is 52.9 Å². The lowest BCUT2D eigenvalue weighted by Crippen LogP contribution is -2.43.